The van der Waals surface area contributed by atoms with E-state index >= 15 is 0 Å². The summed E-state index contributed by atoms with van der Waals surface area (Å²) in [5.41, 5.74) is 7.48. The molecule has 0 radical (unpaired) electrons. The van der Waals surface area contributed by atoms with Gasteiger partial charge in [0.25, 0.3) is 0 Å². The zero-order valence-corrected chi connectivity index (χ0v) is 12.0. The smallest absolute Gasteiger partial charge is 0.169 e. The molecule has 0 spiro atoms. The summed E-state index contributed by atoms with van der Waals surface area (Å²) >= 11 is 0. The summed E-state index contributed by atoms with van der Waals surface area (Å²) in [7, 11) is 0. The number of nitriles is 1. The fourth-order valence-electron chi connectivity index (χ4n) is 2.49. The topological polar surface area (TPSA) is 68.3 Å². The van der Waals surface area contributed by atoms with Crippen molar-refractivity contribution in [3.8, 4) is 23.3 Å². The number of ether oxygens (including phenoxy) is 2. The molecule has 1 heterocycles. The number of fused-ring (bicyclic) bond motifs is 1. The van der Waals surface area contributed by atoms with Gasteiger partial charge in [-0.05, 0) is 32.0 Å². The molecule has 1 aliphatic rings. The van der Waals surface area contributed by atoms with E-state index in [1.165, 1.54) is 0 Å². The van der Waals surface area contributed by atoms with Crippen LogP contribution in [0.4, 0.5) is 5.69 Å². The van der Waals surface area contributed by atoms with Crippen LogP contribution < -0.4 is 15.2 Å². The van der Waals surface area contributed by atoms with E-state index < -0.39 is 0 Å². The van der Waals surface area contributed by atoms with Gasteiger partial charge in [0.1, 0.15) is 17.4 Å². The SMILES string of the molecule is CC1(C)Cc2cccc(Oc3ccc(N)c(C#N)c3)c2O1. The number of rotatable bonds is 2. The minimum Gasteiger partial charge on any atom is -0.483 e. The van der Waals surface area contributed by atoms with Crippen molar-refractivity contribution in [2.75, 3.05) is 5.73 Å². The quantitative estimate of drug-likeness (QED) is 0.853. The number of nitrogens with zero attached hydrogens (tertiary/aromatic N) is 1. The van der Waals surface area contributed by atoms with Gasteiger partial charge >= 0.3 is 0 Å². The molecule has 0 aromatic heterocycles. The maximum atomic E-state index is 9.02. The lowest BCUT2D eigenvalue weighted by Gasteiger charge is -2.18. The molecule has 3 rings (SSSR count). The van der Waals surface area contributed by atoms with Crippen LogP contribution in [0.25, 0.3) is 0 Å². The molecule has 0 atom stereocenters. The number of para-hydroxylation sites is 1. The van der Waals surface area contributed by atoms with Crippen LogP contribution in [-0.2, 0) is 6.42 Å². The third kappa shape index (κ3) is 2.50. The first kappa shape index (κ1) is 13.3. The van der Waals surface area contributed by atoms with E-state index in [-0.39, 0.29) is 5.60 Å². The summed E-state index contributed by atoms with van der Waals surface area (Å²) in [6, 6.07) is 13.0. The molecule has 4 heteroatoms. The Hall–Kier alpha value is -2.67. The van der Waals surface area contributed by atoms with E-state index in [0.29, 0.717) is 22.7 Å². The van der Waals surface area contributed by atoms with Gasteiger partial charge in [0.2, 0.25) is 0 Å². The minimum absolute atomic E-state index is 0.222. The molecule has 0 saturated carbocycles. The van der Waals surface area contributed by atoms with Gasteiger partial charge in [0, 0.05) is 23.7 Å². The van der Waals surface area contributed by atoms with Gasteiger partial charge in [-0.15, -0.1) is 0 Å². The summed E-state index contributed by atoms with van der Waals surface area (Å²) in [5.74, 6) is 2.01. The van der Waals surface area contributed by atoms with E-state index in [1.54, 1.807) is 18.2 Å². The summed E-state index contributed by atoms with van der Waals surface area (Å²) in [4.78, 5) is 0. The first-order valence-corrected chi connectivity index (χ1v) is 6.77. The van der Waals surface area contributed by atoms with Crippen LogP contribution >= 0.6 is 0 Å². The van der Waals surface area contributed by atoms with Crippen molar-refractivity contribution in [2.45, 2.75) is 25.9 Å². The largest absolute Gasteiger partial charge is 0.483 e. The number of nitrogens with two attached hydrogens (primary N) is 1. The number of anilines is 1. The molecule has 2 aromatic carbocycles. The third-order valence-electron chi connectivity index (χ3n) is 3.43. The molecule has 21 heavy (non-hydrogen) atoms. The third-order valence-corrected chi connectivity index (χ3v) is 3.43. The van der Waals surface area contributed by atoms with Gasteiger partial charge < -0.3 is 15.2 Å². The first-order valence-electron chi connectivity index (χ1n) is 6.77. The summed E-state index contributed by atoms with van der Waals surface area (Å²) < 4.78 is 11.8. The molecule has 106 valence electrons. The molecular weight excluding hydrogens is 264 g/mol. The van der Waals surface area contributed by atoms with E-state index in [0.717, 1.165) is 17.7 Å². The minimum atomic E-state index is -0.222. The molecule has 0 unspecified atom stereocenters. The van der Waals surface area contributed by atoms with Gasteiger partial charge in [0.15, 0.2) is 11.5 Å². The van der Waals surface area contributed by atoms with E-state index in [9.17, 15) is 0 Å². The zero-order valence-electron chi connectivity index (χ0n) is 12.0. The monoisotopic (exact) mass is 280 g/mol. The van der Waals surface area contributed by atoms with Gasteiger partial charge in [0.05, 0.1) is 5.56 Å². The van der Waals surface area contributed by atoms with Crippen molar-refractivity contribution in [3.63, 3.8) is 0 Å². The van der Waals surface area contributed by atoms with Crippen LogP contribution in [0.3, 0.4) is 0 Å². The summed E-state index contributed by atoms with van der Waals surface area (Å²) in [6.45, 7) is 4.10. The molecular formula is C17H16N2O2. The van der Waals surface area contributed by atoms with Crippen LogP contribution in [0.15, 0.2) is 36.4 Å². The summed E-state index contributed by atoms with van der Waals surface area (Å²) in [5, 5.41) is 9.02. The highest BCUT2D eigenvalue weighted by molar-refractivity contribution is 5.58. The molecule has 2 aromatic rings. The lowest BCUT2D eigenvalue weighted by molar-refractivity contribution is 0.135. The second-order valence-corrected chi connectivity index (χ2v) is 5.75. The average Bonchev–Trinajstić information content (AvgIpc) is 2.76. The lowest BCUT2D eigenvalue weighted by Crippen LogP contribution is -2.24. The van der Waals surface area contributed by atoms with E-state index in [1.807, 2.05) is 32.0 Å². The average molecular weight is 280 g/mol. The second kappa shape index (κ2) is 4.71. The van der Waals surface area contributed by atoms with Gasteiger partial charge in [-0.3, -0.25) is 0 Å². The predicted octanol–water partition coefficient (Wildman–Crippen LogP) is 3.65. The van der Waals surface area contributed by atoms with Crippen LogP contribution in [-0.4, -0.2) is 5.60 Å². The Morgan fingerprint density at radius 1 is 1.29 bits per heavy atom. The fourth-order valence-corrected chi connectivity index (χ4v) is 2.49. The van der Waals surface area contributed by atoms with Crippen molar-refractivity contribution in [2.24, 2.45) is 0 Å². The molecule has 2 N–H and O–H groups in total. The summed E-state index contributed by atoms with van der Waals surface area (Å²) in [6.07, 6.45) is 0.852. The standard InChI is InChI=1S/C17H16N2O2/c1-17(2)9-11-4-3-5-15(16(11)21-17)20-13-6-7-14(19)12(8-13)10-18/h3-8H,9,19H2,1-2H3. The second-order valence-electron chi connectivity index (χ2n) is 5.75. The fraction of sp³-hybridized carbons (Fsp3) is 0.235. The highest BCUT2D eigenvalue weighted by Gasteiger charge is 2.32. The molecule has 4 nitrogen and oxygen atoms in total. The Balaban J connectivity index is 1.94. The molecule has 0 saturated heterocycles. The van der Waals surface area contributed by atoms with Crippen molar-refractivity contribution in [1.29, 1.82) is 5.26 Å². The van der Waals surface area contributed by atoms with Crippen molar-refractivity contribution in [1.82, 2.24) is 0 Å². The predicted molar refractivity (Wildman–Crippen MR) is 80.5 cm³/mol. The first-order chi connectivity index (χ1) is 9.98. The lowest BCUT2D eigenvalue weighted by atomic mass is 10.0. The zero-order chi connectivity index (χ0) is 15.0. The normalized spacial score (nSPS) is 14.9. The Morgan fingerprint density at radius 2 is 2.10 bits per heavy atom. The van der Waals surface area contributed by atoms with Crippen LogP contribution in [0.1, 0.15) is 25.0 Å². The van der Waals surface area contributed by atoms with E-state index in [4.69, 9.17) is 20.5 Å². The molecule has 0 fully saturated rings. The maximum Gasteiger partial charge on any atom is 0.169 e. The number of hydrogen-bond donors (Lipinski definition) is 1. The van der Waals surface area contributed by atoms with Gasteiger partial charge in [-0.1, -0.05) is 12.1 Å². The number of nitrogen functional groups attached to an aromatic ring is 1. The Bertz CT molecular complexity index is 745. The molecule has 0 amide bonds. The van der Waals surface area contributed by atoms with Crippen molar-refractivity contribution < 1.29 is 9.47 Å². The Labute approximate surface area is 123 Å². The number of hydrogen-bond acceptors (Lipinski definition) is 4. The molecule has 1 aliphatic heterocycles. The molecule has 0 bridgehead atoms. The van der Waals surface area contributed by atoms with E-state index in [2.05, 4.69) is 6.07 Å². The van der Waals surface area contributed by atoms with Crippen LogP contribution in [0.5, 0.6) is 17.2 Å². The van der Waals surface area contributed by atoms with Crippen molar-refractivity contribution in [3.05, 3.63) is 47.5 Å². The number of benzene rings is 2. The van der Waals surface area contributed by atoms with Crippen molar-refractivity contribution >= 4 is 5.69 Å². The van der Waals surface area contributed by atoms with Gasteiger partial charge in [-0.2, -0.15) is 5.26 Å². The Kier molecular flexibility index (Phi) is 2.99. The highest BCUT2D eigenvalue weighted by Crippen LogP contribution is 2.43. The van der Waals surface area contributed by atoms with Crippen LogP contribution in [0, 0.1) is 11.3 Å². The molecule has 0 aliphatic carbocycles. The van der Waals surface area contributed by atoms with Gasteiger partial charge in [-0.25, -0.2) is 0 Å². The highest BCUT2D eigenvalue weighted by atomic mass is 16.5. The Morgan fingerprint density at radius 3 is 2.86 bits per heavy atom. The van der Waals surface area contributed by atoms with Crippen LogP contribution in [0.2, 0.25) is 0 Å². The maximum absolute atomic E-state index is 9.02.